The minimum Gasteiger partial charge on any atom is -0.454 e. The van der Waals surface area contributed by atoms with Gasteiger partial charge in [0, 0.05) is 12.2 Å². The van der Waals surface area contributed by atoms with E-state index in [0.717, 1.165) is 22.6 Å². The van der Waals surface area contributed by atoms with E-state index in [9.17, 15) is 19.2 Å². The number of imide groups is 1. The van der Waals surface area contributed by atoms with Gasteiger partial charge in [-0.05, 0) is 30.5 Å². The van der Waals surface area contributed by atoms with E-state index in [1.807, 2.05) is 24.3 Å². The predicted octanol–water partition coefficient (Wildman–Crippen LogP) is 1.59. The molecule has 1 fully saturated rings. The molecular formula is C22H21N3O5. The number of hydrogen-bond donors (Lipinski definition) is 1. The van der Waals surface area contributed by atoms with Crippen LogP contribution in [0.2, 0.25) is 0 Å². The first-order valence-corrected chi connectivity index (χ1v) is 9.63. The largest absolute Gasteiger partial charge is 0.454 e. The van der Waals surface area contributed by atoms with Crippen molar-refractivity contribution in [1.82, 2.24) is 10.2 Å². The van der Waals surface area contributed by atoms with Gasteiger partial charge in [-0.2, -0.15) is 0 Å². The van der Waals surface area contributed by atoms with Crippen LogP contribution in [0.3, 0.4) is 0 Å². The fourth-order valence-corrected chi connectivity index (χ4v) is 3.80. The van der Waals surface area contributed by atoms with Crippen molar-refractivity contribution >= 4 is 29.5 Å². The number of para-hydroxylation sites is 1. The highest BCUT2D eigenvalue weighted by Gasteiger charge is 2.49. The molecule has 1 N–H and O–H groups in total. The van der Waals surface area contributed by atoms with Crippen molar-refractivity contribution in [3.05, 3.63) is 65.7 Å². The lowest BCUT2D eigenvalue weighted by Crippen LogP contribution is -2.42. The zero-order chi connectivity index (χ0) is 21.3. The van der Waals surface area contributed by atoms with Gasteiger partial charge in [-0.25, -0.2) is 4.79 Å². The van der Waals surface area contributed by atoms with Gasteiger partial charge in [-0.1, -0.05) is 48.5 Å². The second-order valence-corrected chi connectivity index (χ2v) is 7.40. The number of nitrogens with zero attached hydrogens (tertiary/aromatic N) is 2. The summed E-state index contributed by atoms with van der Waals surface area (Å²) in [5, 5.41) is 2.63. The Morgan fingerprint density at radius 1 is 1.07 bits per heavy atom. The van der Waals surface area contributed by atoms with Crippen molar-refractivity contribution in [2.45, 2.75) is 18.9 Å². The van der Waals surface area contributed by atoms with Gasteiger partial charge in [-0.3, -0.25) is 19.3 Å². The Bertz CT molecular complexity index is 1020. The number of carbonyl (C=O) groups excluding carboxylic acids is 4. The average Bonchev–Trinajstić information content (AvgIpc) is 3.28. The van der Waals surface area contributed by atoms with Crippen molar-refractivity contribution in [1.29, 1.82) is 0 Å². The van der Waals surface area contributed by atoms with E-state index in [2.05, 4.69) is 5.32 Å². The molecule has 0 radical (unpaired) electrons. The van der Waals surface area contributed by atoms with Gasteiger partial charge in [0.15, 0.2) is 6.61 Å². The maximum Gasteiger partial charge on any atom is 0.326 e. The smallest absolute Gasteiger partial charge is 0.326 e. The molecule has 8 heteroatoms. The Labute approximate surface area is 173 Å². The summed E-state index contributed by atoms with van der Waals surface area (Å²) in [7, 11) is 0. The van der Waals surface area contributed by atoms with E-state index < -0.39 is 36.6 Å². The highest BCUT2D eigenvalue weighted by molar-refractivity contribution is 6.09. The molecule has 0 bridgehead atoms. The van der Waals surface area contributed by atoms with Crippen LogP contribution in [-0.4, -0.2) is 48.4 Å². The standard InChI is InChI=1S/C22H21N3O5/c1-22(16-8-3-2-4-9-16)20(28)25(21(29)23-22)13-19(27)30-14-18(26)24-12-11-15-7-5-6-10-17(15)24/h2-10H,11-14H2,1H3,(H,23,29)/t22-/m1/s1. The molecule has 2 aliphatic rings. The molecule has 2 aromatic carbocycles. The lowest BCUT2D eigenvalue weighted by atomic mass is 9.92. The summed E-state index contributed by atoms with van der Waals surface area (Å²) < 4.78 is 5.06. The van der Waals surface area contributed by atoms with Crippen LogP contribution in [-0.2, 0) is 31.1 Å². The van der Waals surface area contributed by atoms with Crippen molar-refractivity contribution in [3.8, 4) is 0 Å². The number of fused-ring (bicyclic) bond motifs is 1. The Morgan fingerprint density at radius 3 is 2.53 bits per heavy atom. The number of hydrogen-bond acceptors (Lipinski definition) is 5. The van der Waals surface area contributed by atoms with Gasteiger partial charge in [0.2, 0.25) is 0 Å². The normalized spacial score (nSPS) is 20.2. The summed E-state index contributed by atoms with van der Waals surface area (Å²) in [6.45, 7) is 1.10. The van der Waals surface area contributed by atoms with E-state index in [0.29, 0.717) is 12.1 Å². The van der Waals surface area contributed by atoms with Crippen molar-refractivity contribution in [3.63, 3.8) is 0 Å². The summed E-state index contributed by atoms with van der Waals surface area (Å²) in [5.74, 6) is -1.72. The molecular weight excluding hydrogens is 386 g/mol. The van der Waals surface area contributed by atoms with Crippen LogP contribution >= 0.6 is 0 Å². The van der Waals surface area contributed by atoms with Crippen molar-refractivity contribution in [2.24, 2.45) is 0 Å². The Morgan fingerprint density at radius 2 is 1.77 bits per heavy atom. The van der Waals surface area contributed by atoms with Crippen molar-refractivity contribution < 1.29 is 23.9 Å². The number of benzene rings is 2. The molecule has 0 aromatic heterocycles. The quantitative estimate of drug-likeness (QED) is 0.600. The molecule has 154 valence electrons. The Hall–Kier alpha value is -3.68. The molecule has 0 aliphatic carbocycles. The van der Waals surface area contributed by atoms with E-state index in [1.54, 1.807) is 42.2 Å². The van der Waals surface area contributed by atoms with Gasteiger partial charge in [0.25, 0.3) is 11.8 Å². The number of ether oxygens (including phenoxy) is 1. The fraction of sp³-hybridized carbons (Fsp3) is 0.273. The molecule has 0 unspecified atom stereocenters. The molecule has 4 amide bonds. The number of rotatable bonds is 5. The number of nitrogens with one attached hydrogen (secondary N) is 1. The predicted molar refractivity (Wildman–Crippen MR) is 107 cm³/mol. The highest BCUT2D eigenvalue weighted by atomic mass is 16.5. The lowest BCUT2D eigenvalue weighted by Gasteiger charge is -2.22. The summed E-state index contributed by atoms with van der Waals surface area (Å²) in [6.07, 6.45) is 0.746. The number of esters is 1. The van der Waals surface area contributed by atoms with E-state index in [4.69, 9.17) is 4.74 Å². The van der Waals surface area contributed by atoms with E-state index >= 15 is 0 Å². The minimum atomic E-state index is -1.26. The molecule has 1 atom stereocenters. The zero-order valence-electron chi connectivity index (χ0n) is 16.5. The average molecular weight is 407 g/mol. The Kier molecular flexibility index (Phi) is 4.99. The summed E-state index contributed by atoms with van der Waals surface area (Å²) >= 11 is 0. The third-order valence-electron chi connectivity index (χ3n) is 5.46. The van der Waals surface area contributed by atoms with Crippen LogP contribution in [0.15, 0.2) is 54.6 Å². The molecule has 2 aliphatic heterocycles. The van der Waals surface area contributed by atoms with Crippen LogP contribution in [0.4, 0.5) is 10.5 Å². The number of amides is 4. The van der Waals surface area contributed by atoms with Gasteiger partial charge in [0.05, 0.1) is 0 Å². The third-order valence-corrected chi connectivity index (χ3v) is 5.46. The number of anilines is 1. The first-order valence-electron chi connectivity index (χ1n) is 9.63. The molecule has 30 heavy (non-hydrogen) atoms. The number of urea groups is 1. The van der Waals surface area contributed by atoms with Crippen LogP contribution in [0.25, 0.3) is 0 Å². The van der Waals surface area contributed by atoms with Crippen LogP contribution in [0.5, 0.6) is 0 Å². The van der Waals surface area contributed by atoms with Crippen LogP contribution in [0.1, 0.15) is 18.1 Å². The second-order valence-electron chi connectivity index (χ2n) is 7.40. The Balaban J connectivity index is 1.36. The molecule has 2 heterocycles. The van der Waals surface area contributed by atoms with Gasteiger partial charge < -0.3 is 15.0 Å². The summed E-state index contributed by atoms with van der Waals surface area (Å²) in [4.78, 5) is 52.2. The fourth-order valence-electron chi connectivity index (χ4n) is 3.80. The van der Waals surface area contributed by atoms with Crippen molar-refractivity contribution in [2.75, 3.05) is 24.6 Å². The molecule has 1 saturated heterocycles. The lowest BCUT2D eigenvalue weighted by molar-refractivity contribution is -0.150. The monoisotopic (exact) mass is 407 g/mol. The van der Waals surface area contributed by atoms with Gasteiger partial charge in [-0.15, -0.1) is 0 Å². The van der Waals surface area contributed by atoms with Gasteiger partial charge in [0.1, 0.15) is 12.1 Å². The first-order chi connectivity index (χ1) is 14.4. The highest BCUT2D eigenvalue weighted by Crippen LogP contribution is 2.29. The SMILES string of the molecule is C[C@]1(c2ccccc2)NC(=O)N(CC(=O)OCC(=O)N2CCc3ccccc32)C1=O. The van der Waals surface area contributed by atoms with Gasteiger partial charge >= 0.3 is 12.0 Å². The van der Waals surface area contributed by atoms with Crippen LogP contribution in [0, 0.1) is 0 Å². The minimum absolute atomic E-state index is 0.348. The first kappa shape index (κ1) is 19.6. The zero-order valence-corrected chi connectivity index (χ0v) is 16.5. The summed E-state index contributed by atoms with van der Waals surface area (Å²) in [5.41, 5.74) is 1.23. The van der Waals surface area contributed by atoms with Crippen LogP contribution < -0.4 is 10.2 Å². The maximum atomic E-state index is 12.8. The summed E-state index contributed by atoms with van der Waals surface area (Å²) in [6, 6.07) is 15.7. The topological polar surface area (TPSA) is 96.0 Å². The third kappa shape index (κ3) is 3.41. The molecule has 8 nitrogen and oxygen atoms in total. The van der Waals surface area contributed by atoms with E-state index in [1.165, 1.54) is 0 Å². The molecule has 0 saturated carbocycles. The number of carbonyl (C=O) groups is 4. The molecule has 0 spiro atoms. The molecule has 4 rings (SSSR count). The second kappa shape index (κ2) is 7.62. The van der Waals surface area contributed by atoms with E-state index in [-0.39, 0.29) is 5.91 Å². The molecule has 2 aromatic rings. The maximum absolute atomic E-state index is 12.8.